The molecular formula is C19H20BrClN2O5. The van der Waals surface area contributed by atoms with Gasteiger partial charge in [0.05, 0.1) is 11.6 Å². The number of rotatable bonds is 9. The van der Waals surface area contributed by atoms with Crippen LogP contribution in [0.1, 0.15) is 17.3 Å². The van der Waals surface area contributed by atoms with Gasteiger partial charge in [-0.3, -0.25) is 20.4 Å². The molecule has 7 nitrogen and oxygen atoms in total. The van der Waals surface area contributed by atoms with Crippen molar-refractivity contribution < 1.29 is 23.8 Å². The van der Waals surface area contributed by atoms with E-state index in [0.717, 1.165) is 4.47 Å². The molecule has 28 heavy (non-hydrogen) atoms. The minimum atomic E-state index is -0.525. The van der Waals surface area contributed by atoms with E-state index in [1.165, 1.54) is 0 Å². The van der Waals surface area contributed by atoms with E-state index >= 15 is 0 Å². The number of ether oxygens (including phenoxy) is 3. The number of hydrogen-bond donors (Lipinski definition) is 2. The molecule has 0 saturated carbocycles. The van der Waals surface area contributed by atoms with Crippen LogP contribution < -0.4 is 20.3 Å². The third-order valence-electron chi connectivity index (χ3n) is 3.39. The maximum absolute atomic E-state index is 12.1. The first kappa shape index (κ1) is 22.0. The zero-order valence-electron chi connectivity index (χ0n) is 15.2. The fourth-order valence-electron chi connectivity index (χ4n) is 2.04. The van der Waals surface area contributed by atoms with E-state index in [4.69, 9.17) is 25.8 Å². The van der Waals surface area contributed by atoms with Gasteiger partial charge in [-0.25, -0.2) is 0 Å². The standard InChI is InChI=1S/C19H20BrClN2O5/c1-2-26-9-10-27-15-6-3-13(4-7-15)19(25)23-22-18(24)12-28-17-8-5-14(20)11-16(17)21/h3-8,11H,2,9-10,12H2,1H3,(H,22,24)(H,23,25). The van der Waals surface area contributed by atoms with Crippen LogP contribution >= 0.6 is 27.5 Å². The highest BCUT2D eigenvalue weighted by atomic mass is 79.9. The lowest BCUT2D eigenvalue weighted by Gasteiger charge is -2.10. The lowest BCUT2D eigenvalue weighted by Crippen LogP contribution is -2.43. The summed E-state index contributed by atoms with van der Waals surface area (Å²) < 4.78 is 16.8. The van der Waals surface area contributed by atoms with Crippen LogP contribution in [0.4, 0.5) is 0 Å². The van der Waals surface area contributed by atoms with E-state index in [-0.39, 0.29) is 6.61 Å². The smallest absolute Gasteiger partial charge is 0.276 e. The summed E-state index contributed by atoms with van der Waals surface area (Å²) in [7, 11) is 0. The number of hydrogen-bond acceptors (Lipinski definition) is 5. The van der Waals surface area contributed by atoms with Gasteiger partial charge in [0.15, 0.2) is 6.61 Å². The van der Waals surface area contributed by atoms with Crippen molar-refractivity contribution in [3.8, 4) is 11.5 Å². The van der Waals surface area contributed by atoms with Crippen LogP contribution in [0.3, 0.4) is 0 Å². The van der Waals surface area contributed by atoms with Gasteiger partial charge in [-0.2, -0.15) is 0 Å². The summed E-state index contributed by atoms with van der Waals surface area (Å²) in [6.07, 6.45) is 0. The van der Waals surface area contributed by atoms with Gasteiger partial charge in [-0.1, -0.05) is 27.5 Å². The Bertz CT molecular complexity index is 801. The number of nitrogens with one attached hydrogen (secondary N) is 2. The molecule has 0 fully saturated rings. The maximum atomic E-state index is 12.1. The minimum Gasteiger partial charge on any atom is -0.491 e. The van der Waals surface area contributed by atoms with Crippen LogP contribution in [0.5, 0.6) is 11.5 Å². The number of benzene rings is 2. The van der Waals surface area contributed by atoms with Crippen molar-refractivity contribution in [1.29, 1.82) is 0 Å². The number of hydrazine groups is 1. The summed E-state index contributed by atoms with van der Waals surface area (Å²) in [5.74, 6) is 0.00503. The normalized spacial score (nSPS) is 10.2. The van der Waals surface area contributed by atoms with Gasteiger partial charge >= 0.3 is 0 Å². The Morgan fingerprint density at radius 2 is 1.79 bits per heavy atom. The van der Waals surface area contributed by atoms with E-state index in [0.29, 0.717) is 41.9 Å². The highest BCUT2D eigenvalue weighted by Gasteiger charge is 2.09. The Hall–Kier alpha value is -2.29. The highest BCUT2D eigenvalue weighted by molar-refractivity contribution is 9.10. The summed E-state index contributed by atoms with van der Waals surface area (Å²) in [4.78, 5) is 23.9. The SMILES string of the molecule is CCOCCOc1ccc(C(=O)NNC(=O)COc2ccc(Br)cc2Cl)cc1. The Kier molecular flexibility index (Phi) is 9.06. The Balaban J connectivity index is 1.74. The largest absolute Gasteiger partial charge is 0.491 e. The number of carbonyl (C=O) groups excluding carboxylic acids is 2. The van der Waals surface area contributed by atoms with Gasteiger partial charge in [-0.05, 0) is 49.4 Å². The Morgan fingerprint density at radius 1 is 1.04 bits per heavy atom. The van der Waals surface area contributed by atoms with Crippen molar-refractivity contribution in [3.05, 3.63) is 57.5 Å². The molecule has 0 unspecified atom stereocenters. The van der Waals surface area contributed by atoms with E-state index in [1.807, 2.05) is 6.92 Å². The quantitative estimate of drug-likeness (QED) is 0.433. The molecule has 2 aromatic rings. The van der Waals surface area contributed by atoms with Gasteiger partial charge in [0.25, 0.3) is 11.8 Å². The van der Waals surface area contributed by atoms with Crippen molar-refractivity contribution in [1.82, 2.24) is 10.9 Å². The average Bonchev–Trinajstić information content (AvgIpc) is 2.69. The fourth-order valence-corrected chi connectivity index (χ4v) is 2.76. The predicted molar refractivity (Wildman–Crippen MR) is 109 cm³/mol. The molecule has 2 rings (SSSR count). The summed E-state index contributed by atoms with van der Waals surface area (Å²) in [6.45, 7) is 3.17. The number of amides is 2. The number of carbonyl (C=O) groups is 2. The second kappa shape index (κ2) is 11.5. The molecule has 2 N–H and O–H groups in total. The van der Waals surface area contributed by atoms with Crippen LogP contribution in [-0.2, 0) is 9.53 Å². The molecule has 0 saturated heterocycles. The van der Waals surface area contributed by atoms with Crippen molar-refractivity contribution in [2.75, 3.05) is 26.4 Å². The van der Waals surface area contributed by atoms with Crippen LogP contribution in [0.25, 0.3) is 0 Å². The predicted octanol–water partition coefficient (Wildman–Crippen LogP) is 3.36. The lowest BCUT2D eigenvalue weighted by molar-refractivity contribution is -0.123. The molecule has 0 bridgehead atoms. The number of halogens is 2. The third-order valence-corrected chi connectivity index (χ3v) is 4.17. The van der Waals surface area contributed by atoms with Gasteiger partial charge in [0.2, 0.25) is 0 Å². The molecule has 0 aliphatic heterocycles. The molecule has 0 aliphatic rings. The van der Waals surface area contributed by atoms with Crippen molar-refractivity contribution >= 4 is 39.3 Å². The van der Waals surface area contributed by atoms with E-state index in [9.17, 15) is 9.59 Å². The van der Waals surface area contributed by atoms with Gasteiger partial charge in [0, 0.05) is 16.6 Å². The first-order valence-corrected chi connectivity index (χ1v) is 9.64. The summed E-state index contributed by atoms with van der Waals surface area (Å²) in [5, 5.41) is 0.370. The summed E-state index contributed by atoms with van der Waals surface area (Å²) in [6, 6.07) is 11.6. The van der Waals surface area contributed by atoms with Crippen molar-refractivity contribution in [2.45, 2.75) is 6.92 Å². The van der Waals surface area contributed by atoms with Crippen LogP contribution in [-0.4, -0.2) is 38.2 Å². The zero-order chi connectivity index (χ0) is 20.4. The second-order valence-electron chi connectivity index (χ2n) is 5.44. The minimum absolute atomic E-state index is 0.297. The van der Waals surface area contributed by atoms with Crippen LogP contribution in [0, 0.1) is 0 Å². The van der Waals surface area contributed by atoms with E-state index in [1.54, 1.807) is 42.5 Å². The monoisotopic (exact) mass is 470 g/mol. The topological polar surface area (TPSA) is 85.9 Å². The Morgan fingerprint density at radius 3 is 2.46 bits per heavy atom. The first-order valence-electron chi connectivity index (χ1n) is 8.47. The third kappa shape index (κ3) is 7.38. The lowest BCUT2D eigenvalue weighted by atomic mass is 10.2. The van der Waals surface area contributed by atoms with Crippen molar-refractivity contribution in [3.63, 3.8) is 0 Å². The molecule has 0 spiro atoms. The van der Waals surface area contributed by atoms with Crippen molar-refractivity contribution in [2.24, 2.45) is 0 Å². The van der Waals surface area contributed by atoms with Gasteiger partial charge in [-0.15, -0.1) is 0 Å². The summed E-state index contributed by atoms with van der Waals surface area (Å²) in [5.41, 5.74) is 4.97. The first-order chi connectivity index (χ1) is 13.5. The van der Waals surface area contributed by atoms with Gasteiger partial charge < -0.3 is 14.2 Å². The molecule has 2 amide bonds. The molecule has 0 radical (unpaired) electrons. The van der Waals surface area contributed by atoms with E-state index < -0.39 is 11.8 Å². The molecule has 0 heterocycles. The van der Waals surface area contributed by atoms with Crippen LogP contribution in [0.15, 0.2) is 46.9 Å². The molecule has 0 aromatic heterocycles. The van der Waals surface area contributed by atoms with Gasteiger partial charge in [0.1, 0.15) is 18.1 Å². The summed E-state index contributed by atoms with van der Waals surface area (Å²) >= 11 is 9.29. The van der Waals surface area contributed by atoms with Crippen LogP contribution in [0.2, 0.25) is 5.02 Å². The second-order valence-corrected chi connectivity index (χ2v) is 6.76. The molecular weight excluding hydrogens is 452 g/mol. The molecule has 9 heteroatoms. The zero-order valence-corrected chi connectivity index (χ0v) is 17.5. The molecule has 150 valence electrons. The average molecular weight is 472 g/mol. The molecule has 2 aromatic carbocycles. The maximum Gasteiger partial charge on any atom is 0.276 e. The Labute approximate surface area is 176 Å². The fraction of sp³-hybridized carbons (Fsp3) is 0.263. The molecule has 0 aliphatic carbocycles. The molecule has 0 atom stereocenters. The van der Waals surface area contributed by atoms with E-state index in [2.05, 4.69) is 26.8 Å². The highest BCUT2D eigenvalue weighted by Crippen LogP contribution is 2.27.